The van der Waals surface area contributed by atoms with Gasteiger partial charge in [-0.25, -0.2) is 21.9 Å². The number of halogens is 2. The van der Waals surface area contributed by atoms with E-state index in [1.54, 1.807) is 11.8 Å². The molecule has 0 unspecified atom stereocenters. The summed E-state index contributed by atoms with van der Waals surface area (Å²) >= 11 is 1.66. The van der Waals surface area contributed by atoms with Crippen molar-refractivity contribution in [3.63, 3.8) is 0 Å². The van der Waals surface area contributed by atoms with E-state index in [4.69, 9.17) is 0 Å². The summed E-state index contributed by atoms with van der Waals surface area (Å²) in [5.74, 6) is -1.13. The van der Waals surface area contributed by atoms with Crippen molar-refractivity contribution in [3.05, 3.63) is 59.7 Å². The van der Waals surface area contributed by atoms with Gasteiger partial charge in [-0.2, -0.15) is 0 Å². The summed E-state index contributed by atoms with van der Waals surface area (Å²) in [6, 6.07) is 9.55. The summed E-state index contributed by atoms with van der Waals surface area (Å²) in [5.41, 5.74) is 0.879. The molecule has 7 heteroatoms. The second-order valence-corrected chi connectivity index (χ2v) is 7.74. The van der Waals surface area contributed by atoms with Gasteiger partial charge in [0.2, 0.25) is 10.0 Å². The Hall–Kier alpha value is -1.44. The zero-order valence-electron chi connectivity index (χ0n) is 11.4. The summed E-state index contributed by atoms with van der Waals surface area (Å²) in [6.45, 7) is 0. The van der Waals surface area contributed by atoms with Gasteiger partial charge in [0.15, 0.2) is 0 Å². The molecule has 0 amide bonds. The molecule has 0 saturated carbocycles. The average molecular weight is 341 g/mol. The average Bonchev–Trinajstić information content (AvgIpc) is 2.47. The van der Waals surface area contributed by atoms with E-state index in [-0.39, 0.29) is 0 Å². The third-order valence-corrected chi connectivity index (χ3v) is 6.07. The predicted octanol–water partition coefficient (Wildman–Crippen LogP) is 3.48. The number of fused-ring (bicyclic) bond motifs is 1. The Balaban J connectivity index is 1.93. The maximum Gasteiger partial charge on any atom is 0.244 e. The number of rotatable bonds is 3. The van der Waals surface area contributed by atoms with Gasteiger partial charge in [-0.3, -0.25) is 0 Å². The van der Waals surface area contributed by atoms with Crippen molar-refractivity contribution in [2.75, 3.05) is 5.75 Å². The van der Waals surface area contributed by atoms with Gasteiger partial charge in [0, 0.05) is 17.0 Å². The van der Waals surface area contributed by atoms with Gasteiger partial charge in [-0.05, 0) is 35.9 Å². The fourth-order valence-electron chi connectivity index (χ4n) is 2.41. The van der Waals surface area contributed by atoms with Crippen LogP contribution in [0.2, 0.25) is 0 Å². The molecular formula is C15H13F2NO2S2. The normalized spacial score (nSPS) is 18.0. The molecule has 1 heterocycles. The molecule has 0 spiro atoms. The van der Waals surface area contributed by atoms with Crippen molar-refractivity contribution >= 4 is 21.8 Å². The zero-order valence-corrected chi connectivity index (χ0v) is 13.1. The lowest BCUT2D eigenvalue weighted by Crippen LogP contribution is -2.31. The Morgan fingerprint density at radius 2 is 1.91 bits per heavy atom. The first-order chi connectivity index (χ1) is 10.5. The van der Waals surface area contributed by atoms with E-state index in [0.717, 1.165) is 28.3 Å². The minimum Gasteiger partial charge on any atom is -0.207 e. The maximum absolute atomic E-state index is 13.7. The molecular weight excluding hydrogens is 328 g/mol. The Morgan fingerprint density at radius 3 is 2.68 bits per heavy atom. The Labute approximate surface area is 131 Å². The highest BCUT2D eigenvalue weighted by molar-refractivity contribution is 7.99. The van der Waals surface area contributed by atoms with E-state index in [2.05, 4.69) is 4.72 Å². The predicted molar refractivity (Wildman–Crippen MR) is 81.2 cm³/mol. The SMILES string of the molecule is O=S(=O)(N[C@@H]1CCSc2ccccc21)c1ccc(F)cc1F. The topological polar surface area (TPSA) is 46.2 Å². The fraction of sp³-hybridized carbons (Fsp3) is 0.200. The van der Waals surface area contributed by atoms with Crippen LogP contribution < -0.4 is 4.72 Å². The van der Waals surface area contributed by atoms with Crippen molar-refractivity contribution in [1.29, 1.82) is 0 Å². The van der Waals surface area contributed by atoms with Gasteiger partial charge in [-0.15, -0.1) is 11.8 Å². The molecule has 3 rings (SSSR count). The lowest BCUT2D eigenvalue weighted by Gasteiger charge is -2.25. The summed E-state index contributed by atoms with van der Waals surface area (Å²) in [5, 5.41) is 0. The lowest BCUT2D eigenvalue weighted by molar-refractivity contribution is 0.526. The van der Waals surface area contributed by atoms with Gasteiger partial charge in [0.1, 0.15) is 16.5 Å². The van der Waals surface area contributed by atoms with Crippen molar-refractivity contribution in [3.8, 4) is 0 Å². The number of nitrogens with one attached hydrogen (secondary N) is 1. The van der Waals surface area contributed by atoms with Crippen molar-refractivity contribution in [2.45, 2.75) is 22.3 Å². The number of thioether (sulfide) groups is 1. The van der Waals surface area contributed by atoms with Crippen LogP contribution in [0.4, 0.5) is 8.78 Å². The molecule has 0 radical (unpaired) electrons. The van der Waals surface area contributed by atoms with Gasteiger partial charge < -0.3 is 0 Å². The quantitative estimate of drug-likeness (QED) is 0.930. The molecule has 22 heavy (non-hydrogen) atoms. The first kappa shape index (κ1) is 15.5. The smallest absolute Gasteiger partial charge is 0.207 e. The van der Waals surface area contributed by atoms with Crippen LogP contribution in [0.3, 0.4) is 0 Å². The molecule has 0 saturated heterocycles. The minimum atomic E-state index is -4.05. The van der Waals surface area contributed by atoms with Crippen LogP contribution in [0.5, 0.6) is 0 Å². The Kier molecular flexibility index (Phi) is 4.20. The van der Waals surface area contributed by atoms with Crippen LogP contribution >= 0.6 is 11.8 Å². The van der Waals surface area contributed by atoms with E-state index in [9.17, 15) is 17.2 Å². The zero-order chi connectivity index (χ0) is 15.7. The van der Waals surface area contributed by atoms with Crippen LogP contribution in [0.1, 0.15) is 18.0 Å². The van der Waals surface area contributed by atoms with Crippen molar-refractivity contribution in [2.24, 2.45) is 0 Å². The first-order valence-corrected chi connectivity index (χ1v) is 9.13. The molecule has 1 N–H and O–H groups in total. The molecule has 0 aromatic heterocycles. The van der Waals surface area contributed by atoms with E-state index in [0.29, 0.717) is 12.5 Å². The molecule has 3 nitrogen and oxygen atoms in total. The molecule has 0 aliphatic carbocycles. The van der Waals surface area contributed by atoms with Crippen LogP contribution in [0.15, 0.2) is 52.3 Å². The van der Waals surface area contributed by atoms with Gasteiger partial charge in [0.05, 0.1) is 0 Å². The monoisotopic (exact) mass is 341 g/mol. The van der Waals surface area contributed by atoms with Crippen molar-refractivity contribution in [1.82, 2.24) is 4.72 Å². The summed E-state index contributed by atoms with van der Waals surface area (Å²) in [6.07, 6.45) is 0.615. The number of sulfonamides is 1. The third-order valence-electron chi connectivity index (χ3n) is 3.44. The van der Waals surface area contributed by atoms with E-state index in [1.807, 2.05) is 24.3 Å². The van der Waals surface area contributed by atoms with Gasteiger partial charge in [0.25, 0.3) is 0 Å². The minimum absolute atomic E-state index is 0.410. The lowest BCUT2D eigenvalue weighted by atomic mass is 10.1. The highest BCUT2D eigenvalue weighted by Gasteiger charge is 2.27. The molecule has 1 aliphatic rings. The maximum atomic E-state index is 13.7. The second-order valence-electron chi connectivity index (χ2n) is 4.92. The second kappa shape index (κ2) is 5.98. The fourth-order valence-corrected chi connectivity index (χ4v) is 4.84. The Morgan fingerprint density at radius 1 is 1.14 bits per heavy atom. The summed E-state index contributed by atoms with van der Waals surface area (Å²) in [4.78, 5) is 0.477. The number of hydrogen-bond acceptors (Lipinski definition) is 3. The summed E-state index contributed by atoms with van der Waals surface area (Å²) in [7, 11) is -4.05. The molecule has 1 aliphatic heterocycles. The standard InChI is InChI=1S/C15H13F2NO2S2/c16-10-5-6-15(12(17)9-10)22(19,20)18-13-7-8-21-14-4-2-1-3-11(13)14/h1-6,9,13,18H,7-8H2/t13-/m1/s1. The van der Waals surface area contributed by atoms with Crippen LogP contribution in [0, 0.1) is 11.6 Å². The van der Waals surface area contributed by atoms with E-state index >= 15 is 0 Å². The first-order valence-electron chi connectivity index (χ1n) is 6.66. The molecule has 2 aromatic carbocycles. The Bertz CT molecular complexity index is 809. The van der Waals surface area contributed by atoms with E-state index < -0.39 is 32.6 Å². The molecule has 2 aromatic rings. The molecule has 0 bridgehead atoms. The molecule has 1 atom stereocenters. The van der Waals surface area contributed by atoms with Gasteiger partial charge in [-0.1, -0.05) is 18.2 Å². The largest absolute Gasteiger partial charge is 0.244 e. The van der Waals surface area contributed by atoms with Gasteiger partial charge >= 0.3 is 0 Å². The molecule has 116 valence electrons. The van der Waals surface area contributed by atoms with Crippen LogP contribution in [-0.4, -0.2) is 14.2 Å². The van der Waals surface area contributed by atoms with Crippen molar-refractivity contribution < 1.29 is 17.2 Å². The third kappa shape index (κ3) is 3.02. The highest BCUT2D eigenvalue weighted by atomic mass is 32.2. The highest BCUT2D eigenvalue weighted by Crippen LogP contribution is 2.36. The summed E-state index contributed by atoms with van der Waals surface area (Å²) < 4.78 is 53.9. The van der Waals surface area contributed by atoms with Crippen LogP contribution in [-0.2, 0) is 10.0 Å². The molecule has 0 fully saturated rings. The van der Waals surface area contributed by atoms with E-state index in [1.165, 1.54) is 0 Å². The van der Waals surface area contributed by atoms with Crippen LogP contribution in [0.25, 0.3) is 0 Å². The number of hydrogen-bond donors (Lipinski definition) is 1. The number of benzene rings is 2.